The molecular weight excluding hydrogens is 322 g/mol. The van der Waals surface area contributed by atoms with Crippen LogP contribution in [0.2, 0.25) is 0 Å². The number of aromatic amines is 1. The first-order valence-electron chi connectivity index (χ1n) is 8.55. The Kier molecular flexibility index (Phi) is 5.36. The van der Waals surface area contributed by atoms with Gasteiger partial charge in [0.05, 0.1) is 16.8 Å². The summed E-state index contributed by atoms with van der Waals surface area (Å²) in [4.78, 5) is 2.82. The van der Waals surface area contributed by atoms with E-state index in [4.69, 9.17) is 0 Å². The minimum absolute atomic E-state index is 0.212. The predicted octanol–water partition coefficient (Wildman–Crippen LogP) is 2.76. The van der Waals surface area contributed by atoms with Crippen molar-refractivity contribution in [1.82, 2.24) is 15.1 Å². The SMILES string of the molecule is Cc1cccc(S(=O)(=O)CCCN2CCC[C@@H](c3cn[nH]c3)C2)c1. The minimum Gasteiger partial charge on any atom is -0.303 e. The van der Waals surface area contributed by atoms with Gasteiger partial charge >= 0.3 is 0 Å². The van der Waals surface area contributed by atoms with Gasteiger partial charge < -0.3 is 4.90 Å². The Balaban J connectivity index is 1.52. The Morgan fingerprint density at radius 1 is 1.38 bits per heavy atom. The van der Waals surface area contributed by atoms with E-state index in [-0.39, 0.29) is 5.75 Å². The monoisotopic (exact) mass is 347 g/mol. The van der Waals surface area contributed by atoms with Crippen LogP contribution in [0.5, 0.6) is 0 Å². The maximum atomic E-state index is 12.4. The number of nitrogens with zero attached hydrogens (tertiary/aromatic N) is 2. The summed E-state index contributed by atoms with van der Waals surface area (Å²) in [6, 6.07) is 7.18. The van der Waals surface area contributed by atoms with Gasteiger partial charge in [0.25, 0.3) is 0 Å². The van der Waals surface area contributed by atoms with Crippen molar-refractivity contribution in [1.29, 1.82) is 0 Å². The maximum absolute atomic E-state index is 12.4. The highest BCUT2D eigenvalue weighted by Gasteiger charge is 2.22. The van der Waals surface area contributed by atoms with E-state index in [2.05, 4.69) is 15.1 Å². The van der Waals surface area contributed by atoms with Gasteiger partial charge in [-0.3, -0.25) is 5.10 Å². The summed E-state index contributed by atoms with van der Waals surface area (Å²) in [7, 11) is -3.18. The fourth-order valence-electron chi connectivity index (χ4n) is 3.42. The highest BCUT2D eigenvalue weighted by Crippen LogP contribution is 2.26. The smallest absolute Gasteiger partial charge is 0.178 e. The van der Waals surface area contributed by atoms with Gasteiger partial charge in [-0.2, -0.15) is 5.10 Å². The third-order valence-corrected chi connectivity index (χ3v) is 6.53. The zero-order chi connectivity index (χ0) is 17.0. The molecule has 5 nitrogen and oxygen atoms in total. The molecule has 1 aromatic heterocycles. The lowest BCUT2D eigenvalue weighted by atomic mass is 9.93. The highest BCUT2D eigenvalue weighted by molar-refractivity contribution is 7.91. The van der Waals surface area contributed by atoms with Crippen LogP contribution in [-0.4, -0.2) is 48.9 Å². The lowest BCUT2D eigenvalue weighted by molar-refractivity contribution is 0.208. The third kappa shape index (κ3) is 4.24. The van der Waals surface area contributed by atoms with E-state index in [0.717, 1.165) is 31.6 Å². The number of benzene rings is 1. The van der Waals surface area contributed by atoms with Crippen LogP contribution >= 0.6 is 0 Å². The summed E-state index contributed by atoms with van der Waals surface area (Å²) in [6.07, 6.45) is 6.87. The molecule has 0 spiro atoms. The maximum Gasteiger partial charge on any atom is 0.178 e. The average molecular weight is 347 g/mol. The van der Waals surface area contributed by atoms with E-state index in [1.807, 2.05) is 31.5 Å². The molecule has 3 rings (SSSR count). The van der Waals surface area contributed by atoms with Crippen molar-refractivity contribution < 1.29 is 8.42 Å². The molecule has 0 amide bonds. The fraction of sp³-hybridized carbons (Fsp3) is 0.500. The number of aromatic nitrogens is 2. The Labute approximate surface area is 144 Å². The number of rotatable bonds is 6. The molecule has 6 heteroatoms. The fourth-order valence-corrected chi connectivity index (χ4v) is 4.82. The normalized spacial score (nSPS) is 19.5. The first kappa shape index (κ1) is 17.2. The molecule has 0 saturated carbocycles. The number of hydrogen-bond acceptors (Lipinski definition) is 4. The molecule has 1 N–H and O–H groups in total. The number of likely N-dealkylation sites (tertiary alicyclic amines) is 1. The molecule has 0 radical (unpaired) electrons. The van der Waals surface area contributed by atoms with Crippen molar-refractivity contribution in [2.24, 2.45) is 0 Å². The molecule has 1 aliphatic rings. The van der Waals surface area contributed by atoms with Crippen molar-refractivity contribution >= 4 is 9.84 Å². The van der Waals surface area contributed by atoms with Crippen LogP contribution in [0.3, 0.4) is 0 Å². The largest absolute Gasteiger partial charge is 0.303 e. The number of nitrogens with one attached hydrogen (secondary N) is 1. The van der Waals surface area contributed by atoms with E-state index in [1.54, 1.807) is 12.1 Å². The van der Waals surface area contributed by atoms with Crippen molar-refractivity contribution in [3.05, 3.63) is 47.8 Å². The van der Waals surface area contributed by atoms with Crippen LogP contribution in [0, 0.1) is 6.92 Å². The van der Waals surface area contributed by atoms with E-state index in [1.165, 1.54) is 12.0 Å². The number of sulfone groups is 1. The standard InChI is InChI=1S/C18H25N3O2S/c1-15-5-2-7-18(11-15)24(22,23)10-4-9-21-8-3-6-16(14-21)17-12-19-20-13-17/h2,5,7,11-13,16H,3-4,6,8-10,14H2,1H3,(H,19,20)/t16-/m1/s1. The second-order valence-corrected chi connectivity index (χ2v) is 8.77. The Morgan fingerprint density at radius 2 is 2.25 bits per heavy atom. The molecule has 1 saturated heterocycles. The van der Waals surface area contributed by atoms with Gasteiger partial charge in [-0.25, -0.2) is 8.42 Å². The van der Waals surface area contributed by atoms with E-state index in [0.29, 0.717) is 17.2 Å². The van der Waals surface area contributed by atoms with E-state index in [9.17, 15) is 8.42 Å². The quantitative estimate of drug-likeness (QED) is 0.872. The van der Waals surface area contributed by atoms with Gasteiger partial charge in [0.2, 0.25) is 0 Å². The average Bonchev–Trinajstić information content (AvgIpc) is 3.09. The van der Waals surface area contributed by atoms with Crippen molar-refractivity contribution in [3.63, 3.8) is 0 Å². The second kappa shape index (κ2) is 7.49. The zero-order valence-corrected chi connectivity index (χ0v) is 14.9. The summed E-state index contributed by atoms with van der Waals surface area (Å²) in [5.41, 5.74) is 2.24. The molecule has 0 aliphatic carbocycles. The molecule has 2 heterocycles. The van der Waals surface area contributed by atoms with Crippen LogP contribution in [-0.2, 0) is 9.84 Å². The minimum atomic E-state index is -3.18. The van der Waals surface area contributed by atoms with Crippen molar-refractivity contribution in [2.75, 3.05) is 25.4 Å². The zero-order valence-electron chi connectivity index (χ0n) is 14.1. The lowest BCUT2D eigenvalue weighted by Crippen LogP contribution is -2.35. The molecule has 1 atom stereocenters. The molecule has 0 bridgehead atoms. The molecule has 1 aliphatic heterocycles. The van der Waals surface area contributed by atoms with Gasteiger partial charge in [-0.1, -0.05) is 12.1 Å². The number of aryl methyl sites for hydroxylation is 1. The summed E-state index contributed by atoms with van der Waals surface area (Å²) in [5.74, 6) is 0.717. The highest BCUT2D eigenvalue weighted by atomic mass is 32.2. The van der Waals surface area contributed by atoms with Crippen LogP contribution in [0.1, 0.15) is 36.3 Å². The predicted molar refractivity (Wildman–Crippen MR) is 94.9 cm³/mol. The van der Waals surface area contributed by atoms with Gasteiger partial charge in [0.15, 0.2) is 9.84 Å². The number of piperidine rings is 1. The summed E-state index contributed by atoms with van der Waals surface area (Å²) in [5, 5.41) is 6.91. The van der Waals surface area contributed by atoms with Crippen LogP contribution < -0.4 is 0 Å². The first-order valence-corrected chi connectivity index (χ1v) is 10.2. The molecule has 0 unspecified atom stereocenters. The Bertz CT molecular complexity index is 756. The summed E-state index contributed by atoms with van der Waals surface area (Å²) >= 11 is 0. The van der Waals surface area contributed by atoms with Gasteiger partial charge in [-0.05, 0) is 68.5 Å². The molecular formula is C18H25N3O2S. The first-order chi connectivity index (χ1) is 11.5. The topological polar surface area (TPSA) is 66.1 Å². The lowest BCUT2D eigenvalue weighted by Gasteiger charge is -2.32. The van der Waals surface area contributed by atoms with Crippen molar-refractivity contribution in [3.8, 4) is 0 Å². The summed E-state index contributed by atoms with van der Waals surface area (Å²) in [6.45, 7) is 4.80. The molecule has 1 aromatic carbocycles. The van der Waals surface area contributed by atoms with Crippen LogP contribution in [0.25, 0.3) is 0 Å². The Hall–Kier alpha value is -1.66. The molecule has 1 fully saturated rings. The second-order valence-electron chi connectivity index (χ2n) is 6.66. The van der Waals surface area contributed by atoms with E-state index < -0.39 is 9.84 Å². The van der Waals surface area contributed by atoms with Gasteiger partial charge in [-0.15, -0.1) is 0 Å². The van der Waals surface area contributed by atoms with Gasteiger partial charge in [0, 0.05) is 12.7 Å². The van der Waals surface area contributed by atoms with Crippen LogP contribution in [0.4, 0.5) is 0 Å². The molecule has 2 aromatic rings. The number of hydrogen-bond donors (Lipinski definition) is 1. The van der Waals surface area contributed by atoms with E-state index >= 15 is 0 Å². The Morgan fingerprint density at radius 3 is 3.00 bits per heavy atom. The third-order valence-electron chi connectivity index (χ3n) is 4.73. The number of H-pyrrole nitrogens is 1. The van der Waals surface area contributed by atoms with Crippen molar-refractivity contribution in [2.45, 2.75) is 37.0 Å². The van der Waals surface area contributed by atoms with Crippen LogP contribution in [0.15, 0.2) is 41.6 Å². The summed E-state index contributed by atoms with van der Waals surface area (Å²) < 4.78 is 24.9. The molecule has 24 heavy (non-hydrogen) atoms. The molecule has 130 valence electrons. The van der Waals surface area contributed by atoms with Gasteiger partial charge in [0.1, 0.15) is 0 Å².